The zero-order valence-corrected chi connectivity index (χ0v) is 10.5. The van der Waals surface area contributed by atoms with Crippen molar-refractivity contribution >= 4 is 23.4 Å². The van der Waals surface area contributed by atoms with Gasteiger partial charge in [0.2, 0.25) is 5.91 Å². The number of benzene rings is 1. The lowest BCUT2D eigenvalue weighted by Crippen LogP contribution is -2.26. The minimum Gasteiger partial charge on any atom is -0.381 e. The summed E-state index contributed by atoms with van der Waals surface area (Å²) in [5.41, 5.74) is 2.06. The summed E-state index contributed by atoms with van der Waals surface area (Å²) in [6.07, 6.45) is 0.837. The van der Waals surface area contributed by atoms with Crippen LogP contribution in [0.4, 0.5) is 5.69 Å². The van der Waals surface area contributed by atoms with E-state index < -0.39 is 0 Å². The van der Waals surface area contributed by atoms with Crippen molar-refractivity contribution < 1.29 is 9.90 Å². The fraction of sp³-hybridized carbons (Fsp3) is 0.417. The van der Waals surface area contributed by atoms with E-state index in [-0.39, 0.29) is 17.9 Å². The quantitative estimate of drug-likeness (QED) is 0.556. The number of carbonyl (C=O) groups excluding carboxylic acids is 1. The number of hydrogen-bond acceptors (Lipinski definition) is 4. The summed E-state index contributed by atoms with van der Waals surface area (Å²) in [6, 6.07) is 6.12. The molecule has 0 radical (unpaired) electrons. The first-order valence-electron chi connectivity index (χ1n) is 5.62. The molecular formula is C12H16N2O2S. The molecular weight excluding hydrogens is 236 g/mol. The maximum Gasteiger partial charge on any atom is 0.237 e. The molecule has 0 fully saturated rings. The van der Waals surface area contributed by atoms with E-state index in [1.807, 2.05) is 19.1 Å². The average molecular weight is 252 g/mol. The highest BCUT2D eigenvalue weighted by molar-refractivity contribution is 8.00. The third-order valence-electron chi connectivity index (χ3n) is 2.68. The second-order valence-electron chi connectivity index (χ2n) is 3.99. The van der Waals surface area contributed by atoms with Crippen molar-refractivity contribution in [3.8, 4) is 0 Å². The van der Waals surface area contributed by atoms with Crippen molar-refractivity contribution in [2.75, 3.05) is 18.6 Å². The number of nitrogens with one attached hydrogen (secondary N) is 2. The number of anilines is 1. The van der Waals surface area contributed by atoms with Gasteiger partial charge in [-0.15, -0.1) is 11.8 Å². The summed E-state index contributed by atoms with van der Waals surface area (Å²) in [7, 11) is 0. The zero-order valence-electron chi connectivity index (χ0n) is 9.69. The number of carbonyl (C=O) groups is 1. The van der Waals surface area contributed by atoms with Crippen molar-refractivity contribution in [3.05, 3.63) is 23.8 Å². The largest absolute Gasteiger partial charge is 0.381 e. The molecule has 0 bridgehead atoms. The third-order valence-corrected chi connectivity index (χ3v) is 3.85. The van der Waals surface area contributed by atoms with Crippen LogP contribution < -0.4 is 10.6 Å². The second kappa shape index (κ2) is 5.53. The molecule has 1 unspecified atom stereocenters. The van der Waals surface area contributed by atoms with Gasteiger partial charge in [-0.25, -0.2) is 0 Å². The van der Waals surface area contributed by atoms with Gasteiger partial charge >= 0.3 is 0 Å². The van der Waals surface area contributed by atoms with Gasteiger partial charge in [0.15, 0.2) is 0 Å². The van der Waals surface area contributed by atoms with Crippen LogP contribution in [0.3, 0.4) is 0 Å². The molecule has 0 saturated carbocycles. The summed E-state index contributed by atoms with van der Waals surface area (Å²) in [6.45, 7) is 2.63. The van der Waals surface area contributed by atoms with Crippen LogP contribution in [0.25, 0.3) is 0 Å². The maximum atomic E-state index is 11.6. The van der Waals surface area contributed by atoms with Gasteiger partial charge in [0.25, 0.3) is 0 Å². The van der Waals surface area contributed by atoms with Gasteiger partial charge in [0, 0.05) is 11.4 Å². The topological polar surface area (TPSA) is 61.4 Å². The minimum absolute atomic E-state index is 0.00492. The lowest BCUT2D eigenvalue weighted by molar-refractivity contribution is -0.115. The predicted molar refractivity (Wildman–Crippen MR) is 69.2 cm³/mol. The Morgan fingerprint density at radius 3 is 3.12 bits per heavy atom. The van der Waals surface area contributed by atoms with Crippen molar-refractivity contribution in [1.82, 2.24) is 5.32 Å². The Morgan fingerprint density at radius 1 is 1.53 bits per heavy atom. The van der Waals surface area contributed by atoms with E-state index in [4.69, 9.17) is 5.11 Å². The Kier molecular flexibility index (Phi) is 4.04. The third kappa shape index (κ3) is 3.00. The predicted octanol–water partition coefficient (Wildman–Crippen LogP) is 1.20. The van der Waals surface area contributed by atoms with Gasteiger partial charge in [-0.1, -0.05) is 6.07 Å². The van der Waals surface area contributed by atoms with Crippen LogP contribution in [0.15, 0.2) is 23.1 Å². The molecule has 0 aromatic heterocycles. The fourth-order valence-corrected chi connectivity index (χ4v) is 2.65. The van der Waals surface area contributed by atoms with Gasteiger partial charge < -0.3 is 10.4 Å². The molecule has 2 rings (SSSR count). The standard InChI is InChI=1S/C12H16N2O2S/c1-8-12(16)14-10-6-9(4-5-13-7-15)2-3-11(10)17-8/h2-3,6,8,13,15H,4-5,7H2,1H3,(H,14,16). The Balaban J connectivity index is 2.09. The summed E-state index contributed by atoms with van der Waals surface area (Å²) in [5, 5.41) is 14.4. The molecule has 17 heavy (non-hydrogen) atoms. The van der Waals surface area contributed by atoms with Gasteiger partial charge in [-0.2, -0.15) is 0 Å². The first-order valence-corrected chi connectivity index (χ1v) is 6.50. The first kappa shape index (κ1) is 12.4. The molecule has 3 N–H and O–H groups in total. The maximum absolute atomic E-state index is 11.6. The van der Waals surface area contributed by atoms with Gasteiger partial charge in [-0.3, -0.25) is 10.1 Å². The van der Waals surface area contributed by atoms with E-state index in [1.54, 1.807) is 11.8 Å². The summed E-state index contributed by atoms with van der Waals surface area (Å²) >= 11 is 1.59. The normalized spacial score (nSPS) is 18.7. The van der Waals surface area contributed by atoms with E-state index in [2.05, 4.69) is 16.7 Å². The molecule has 4 nitrogen and oxygen atoms in total. The second-order valence-corrected chi connectivity index (χ2v) is 5.37. The van der Waals surface area contributed by atoms with E-state index in [1.165, 1.54) is 0 Å². The smallest absolute Gasteiger partial charge is 0.237 e. The van der Waals surface area contributed by atoms with Gasteiger partial charge in [0.1, 0.15) is 0 Å². The number of hydrogen-bond donors (Lipinski definition) is 3. The van der Waals surface area contributed by atoms with Gasteiger partial charge in [0.05, 0.1) is 17.7 Å². The van der Waals surface area contributed by atoms with Crippen molar-refractivity contribution in [2.45, 2.75) is 23.5 Å². The number of aliphatic hydroxyl groups is 1. The molecule has 1 amide bonds. The van der Waals surface area contributed by atoms with E-state index >= 15 is 0 Å². The summed E-state index contributed by atoms with van der Waals surface area (Å²) in [5.74, 6) is 0.0631. The SMILES string of the molecule is CC1Sc2ccc(CCNCO)cc2NC1=O. The number of thioether (sulfide) groups is 1. The molecule has 1 aliphatic heterocycles. The molecule has 0 saturated heterocycles. The van der Waals surface area contributed by atoms with E-state index in [9.17, 15) is 4.79 Å². The molecule has 1 aromatic rings. The lowest BCUT2D eigenvalue weighted by Gasteiger charge is -2.21. The van der Waals surface area contributed by atoms with Crippen molar-refractivity contribution in [3.63, 3.8) is 0 Å². The van der Waals surface area contributed by atoms with Crippen molar-refractivity contribution in [2.24, 2.45) is 0 Å². The molecule has 1 atom stereocenters. The summed E-state index contributed by atoms with van der Waals surface area (Å²) < 4.78 is 0. The monoisotopic (exact) mass is 252 g/mol. The number of fused-ring (bicyclic) bond motifs is 1. The molecule has 0 spiro atoms. The fourth-order valence-electron chi connectivity index (χ4n) is 1.72. The molecule has 92 valence electrons. The average Bonchev–Trinajstić information content (AvgIpc) is 2.31. The van der Waals surface area contributed by atoms with Crippen LogP contribution in [0, 0.1) is 0 Å². The Labute approximate surface area is 105 Å². The number of amides is 1. The Hall–Kier alpha value is -1.04. The highest BCUT2D eigenvalue weighted by atomic mass is 32.2. The lowest BCUT2D eigenvalue weighted by atomic mass is 10.1. The number of aliphatic hydroxyl groups excluding tert-OH is 1. The minimum atomic E-state index is -0.0237. The molecule has 1 heterocycles. The van der Waals surface area contributed by atoms with E-state index in [0.717, 1.165) is 29.1 Å². The molecule has 5 heteroatoms. The highest BCUT2D eigenvalue weighted by Crippen LogP contribution is 2.35. The highest BCUT2D eigenvalue weighted by Gasteiger charge is 2.22. The molecule has 0 aliphatic carbocycles. The van der Waals surface area contributed by atoms with E-state index in [0.29, 0.717) is 0 Å². The Bertz CT molecular complexity index is 423. The first-order chi connectivity index (χ1) is 8.20. The molecule has 1 aliphatic rings. The number of rotatable bonds is 4. The molecule has 1 aromatic carbocycles. The summed E-state index contributed by atoms with van der Waals surface area (Å²) in [4.78, 5) is 12.7. The van der Waals surface area contributed by atoms with Crippen LogP contribution in [0.1, 0.15) is 12.5 Å². The van der Waals surface area contributed by atoms with Crippen LogP contribution >= 0.6 is 11.8 Å². The van der Waals surface area contributed by atoms with Crippen LogP contribution in [-0.2, 0) is 11.2 Å². The van der Waals surface area contributed by atoms with Crippen LogP contribution in [0.5, 0.6) is 0 Å². The van der Waals surface area contributed by atoms with Crippen molar-refractivity contribution in [1.29, 1.82) is 0 Å². The Morgan fingerprint density at radius 2 is 2.35 bits per heavy atom. The van der Waals surface area contributed by atoms with Crippen LogP contribution in [0.2, 0.25) is 0 Å². The van der Waals surface area contributed by atoms with Gasteiger partial charge in [-0.05, 0) is 31.0 Å². The van der Waals surface area contributed by atoms with Crippen LogP contribution in [-0.4, -0.2) is 29.5 Å². The zero-order chi connectivity index (χ0) is 12.3.